The van der Waals surface area contributed by atoms with Crippen molar-refractivity contribution in [2.75, 3.05) is 32.7 Å². The third-order valence-corrected chi connectivity index (χ3v) is 5.40. The van der Waals surface area contributed by atoms with Gasteiger partial charge >= 0.3 is 5.97 Å². The van der Waals surface area contributed by atoms with Crippen LogP contribution in [0.5, 0.6) is 5.75 Å². The lowest BCUT2D eigenvalue weighted by Crippen LogP contribution is -2.40. The fraction of sp³-hybridized carbons (Fsp3) is 0.318. The molecule has 0 aliphatic heterocycles. The van der Waals surface area contributed by atoms with Crippen LogP contribution in [0.3, 0.4) is 0 Å². The van der Waals surface area contributed by atoms with Gasteiger partial charge in [-0.2, -0.15) is 0 Å². The van der Waals surface area contributed by atoms with Gasteiger partial charge in [0.2, 0.25) is 0 Å². The quantitative estimate of drug-likeness (QED) is 0.465. The van der Waals surface area contributed by atoms with E-state index in [0.29, 0.717) is 35.6 Å². The number of ether oxygens (including phenoxy) is 2. The Balaban J connectivity index is 2.03. The summed E-state index contributed by atoms with van der Waals surface area (Å²) in [6, 6.07) is 7.46. The molecule has 10 heteroatoms. The van der Waals surface area contributed by atoms with E-state index in [-0.39, 0.29) is 17.3 Å². The lowest BCUT2D eigenvalue weighted by molar-refractivity contribution is -0.143. The summed E-state index contributed by atoms with van der Waals surface area (Å²) in [5.74, 6) is -0.593. The first-order valence-corrected chi connectivity index (χ1v) is 10.2. The first-order valence-electron chi connectivity index (χ1n) is 9.84. The molecule has 0 spiro atoms. The highest BCUT2D eigenvalue weighted by molar-refractivity contribution is 6.31. The van der Waals surface area contributed by atoms with Gasteiger partial charge in [-0.15, -0.1) is 0 Å². The number of aliphatic carboxylic acids is 1. The topological polar surface area (TPSA) is 96.8 Å². The summed E-state index contributed by atoms with van der Waals surface area (Å²) in [6.07, 6.45) is 1.36. The zero-order valence-electron chi connectivity index (χ0n) is 17.9. The first-order chi connectivity index (χ1) is 15.3. The van der Waals surface area contributed by atoms with Crippen molar-refractivity contribution < 1.29 is 23.8 Å². The van der Waals surface area contributed by atoms with Gasteiger partial charge in [0, 0.05) is 37.2 Å². The average molecular weight is 463 g/mol. The van der Waals surface area contributed by atoms with Crippen LogP contribution < -0.4 is 10.1 Å². The van der Waals surface area contributed by atoms with E-state index in [1.807, 2.05) is 6.07 Å². The highest BCUT2D eigenvalue weighted by Gasteiger charge is 2.22. The summed E-state index contributed by atoms with van der Waals surface area (Å²) < 4.78 is 25.1. The number of carbonyl (C=O) groups is 1. The third kappa shape index (κ3) is 5.24. The van der Waals surface area contributed by atoms with Crippen molar-refractivity contribution in [3.05, 3.63) is 53.1 Å². The molecule has 1 heterocycles. The number of carboxylic acids is 1. The smallest absolute Gasteiger partial charge is 0.320 e. The van der Waals surface area contributed by atoms with Crippen LogP contribution in [0.25, 0.3) is 10.9 Å². The standard InChI is InChI=1S/C22H24ClFN4O4/c1-13(22(29)30)28(7-8-31-2)11-14-9-15-18(10-19(14)32-3)25-12-26-21(15)27-17-6-4-5-16(23)20(17)24/h4-6,9-10,12-13H,7-8,11H2,1-3H3,(H,29,30)(H,25,26,27)/t13-/m0/s1. The zero-order valence-corrected chi connectivity index (χ0v) is 18.7. The number of carboxylic acid groups (broad SMARTS) is 1. The van der Waals surface area contributed by atoms with E-state index in [0.717, 1.165) is 5.56 Å². The van der Waals surface area contributed by atoms with E-state index in [1.165, 1.54) is 19.5 Å². The molecule has 1 aromatic heterocycles. The summed E-state index contributed by atoms with van der Waals surface area (Å²) in [4.78, 5) is 21.9. The van der Waals surface area contributed by atoms with Gasteiger partial charge in [0.1, 0.15) is 23.9 Å². The van der Waals surface area contributed by atoms with Gasteiger partial charge in [-0.25, -0.2) is 14.4 Å². The minimum Gasteiger partial charge on any atom is -0.496 e. The van der Waals surface area contributed by atoms with Gasteiger partial charge in [-0.3, -0.25) is 9.69 Å². The Kier molecular flexibility index (Phi) is 7.79. The number of methoxy groups -OCH3 is 2. The minimum atomic E-state index is -0.942. The second-order valence-electron chi connectivity index (χ2n) is 7.11. The second-order valence-corrected chi connectivity index (χ2v) is 7.51. The first kappa shape index (κ1) is 23.6. The van der Waals surface area contributed by atoms with Crippen LogP contribution in [-0.2, 0) is 16.1 Å². The second kappa shape index (κ2) is 10.5. The monoisotopic (exact) mass is 462 g/mol. The molecule has 0 aliphatic carbocycles. The summed E-state index contributed by atoms with van der Waals surface area (Å²) in [5, 5.41) is 13.1. The summed E-state index contributed by atoms with van der Waals surface area (Å²) in [6.45, 7) is 2.69. The fourth-order valence-corrected chi connectivity index (χ4v) is 3.44. The van der Waals surface area contributed by atoms with Crippen LogP contribution >= 0.6 is 11.6 Å². The Bertz CT molecular complexity index is 1110. The van der Waals surface area contributed by atoms with Crippen molar-refractivity contribution in [3.8, 4) is 5.75 Å². The molecule has 8 nitrogen and oxygen atoms in total. The van der Waals surface area contributed by atoms with E-state index in [4.69, 9.17) is 21.1 Å². The molecule has 0 saturated carbocycles. The Morgan fingerprint density at radius 3 is 2.78 bits per heavy atom. The number of rotatable bonds is 10. The Morgan fingerprint density at radius 1 is 1.31 bits per heavy atom. The number of fused-ring (bicyclic) bond motifs is 1. The molecule has 0 amide bonds. The maximum Gasteiger partial charge on any atom is 0.320 e. The fourth-order valence-electron chi connectivity index (χ4n) is 3.26. The van der Waals surface area contributed by atoms with Crippen LogP contribution in [-0.4, -0.2) is 59.4 Å². The molecule has 170 valence electrons. The highest BCUT2D eigenvalue weighted by atomic mass is 35.5. The number of nitrogens with one attached hydrogen (secondary N) is 1. The molecular formula is C22H24ClFN4O4. The Labute approximate surface area is 189 Å². The van der Waals surface area contributed by atoms with Gasteiger partial charge in [-0.1, -0.05) is 17.7 Å². The molecule has 3 aromatic rings. The predicted octanol–water partition coefficient (Wildman–Crippen LogP) is 4.10. The molecule has 0 saturated heterocycles. The van der Waals surface area contributed by atoms with Crippen LogP contribution in [0.2, 0.25) is 5.02 Å². The van der Waals surface area contributed by atoms with Crippen molar-refractivity contribution in [2.24, 2.45) is 0 Å². The number of nitrogens with zero attached hydrogens (tertiary/aromatic N) is 3. The summed E-state index contributed by atoms with van der Waals surface area (Å²) in [7, 11) is 3.09. The van der Waals surface area contributed by atoms with Crippen molar-refractivity contribution >= 4 is 40.0 Å². The van der Waals surface area contributed by atoms with Crippen LogP contribution in [0.4, 0.5) is 15.9 Å². The van der Waals surface area contributed by atoms with Crippen LogP contribution in [0.1, 0.15) is 12.5 Å². The van der Waals surface area contributed by atoms with Crippen LogP contribution in [0.15, 0.2) is 36.7 Å². The molecule has 2 N–H and O–H groups in total. The SMILES string of the molecule is COCCN(Cc1cc2c(Nc3cccc(Cl)c3F)ncnc2cc1OC)[C@@H](C)C(=O)O. The predicted molar refractivity (Wildman–Crippen MR) is 120 cm³/mol. The van der Waals surface area contributed by atoms with Crippen molar-refractivity contribution in [2.45, 2.75) is 19.5 Å². The Hall–Kier alpha value is -3.01. The zero-order chi connectivity index (χ0) is 23.3. The highest BCUT2D eigenvalue weighted by Crippen LogP contribution is 2.32. The third-order valence-electron chi connectivity index (χ3n) is 5.10. The largest absolute Gasteiger partial charge is 0.496 e. The van der Waals surface area contributed by atoms with E-state index < -0.39 is 17.8 Å². The number of benzene rings is 2. The minimum absolute atomic E-state index is 0.00726. The summed E-state index contributed by atoms with van der Waals surface area (Å²) >= 11 is 5.89. The van der Waals surface area contributed by atoms with Gasteiger partial charge in [0.05, 0.1) is 29.9 Å². The molecule has 3 rings (SSSR count). The number of aromatic nitrogens is 2. The summed E-state index contributed by atoms with van der Waals surface area (Å²) in [5.41, 5.74) is 1.49. The van der Waals surface area contributed by atoms with Gasteiger partial charge < -0.3 is 19.9 Å². The van der Waals surface area contributed by atoms with Crippen molar-refractivity contribution in [1.82, 2.24) is 14.9 Å². The number of anilines is 2. The van der Waals surface area contributed by atoms with Gasteiger partial charge in [-0.05, 0) is 25.1 Å². The molecule has 0 unspecified atom stereocenters. The molecule has 1 atom stereocenters. The van der Waals surface area contributed by atoms with E-state index >= 15 is 0 Å². The van der Waals surface area contributed by atoms with E-state index in [2.05, 4.69) is 15.3 Å². The van der Waals surface area contributed by atoms with E-state index in [9.17, 15) is 14.3 Å². The molecule has 2 aromatic carbocycles. The lowest BCUT2D eigenvalue weighted by atomic mass is 10.1. The van der Waals surface area contributed by atoms with Gasteiger partial charge in [0.25, 0.3) is 0 Å². The Morgan fingerprint density at radius 2 is 2.09 bits per heavy atom. The maximum absolute atomic E-state index is 14.4. The molecule has 0 fully saturated rings. The van der Waals surface area contributed by atoms with Crippen molar-refractivity contribution in [1.29, 1.82) is 0 Å². The number of hydrogen-bond donors (Lipinski definition) is 2. The lowest BCUT2D eigenvalue weighted by Gasteiger charge is -2.27. The van der Waals surface area contributed by atoms with E-state index in [1.54, 1.807) is 37.1 Å². The molecule has 0 aliphatic rings. The molecule has 0 bridgehead atoms. The van der Waals surface area contributed by atoms with Crippen molar-refractivity contribution in [3.63, 3.8) is 0 Å². The molecule has 32 heavy (non-hydrogen) atoms. The molecule has 0 radical (unpaired) electrons. The maximum atomic E-state index is 14.4. The molecular weight excluding hydrogens is 439 g/mol. The van der Waals surface area contributed by atoms with Crippen LogP contribution in [0, 0.1) is 5.82 Å². The van der Waals surface area contributed by atoms with Gasteiger partial charge in [0.15, 0.2) is 5.82 Å². The normalized spacial score (nSPS) is 12.2. The average Bonchev–Trinajstić information content (AvgIpc) is 2.78. The number of halogens is 2. The number of hydrogen-bond acceptors (Lipinski definition) is 7.